The summed E-state index contributed by atoms with van der Waals surface area (Å²) in [6, 6.07) is 26.9. The van der Waals surface area contributed by atoms with E-state index in [9.17, 15) is 9.59 Å². The van der Waals surface area contributed by atoms with Crippen molar-refractivity contribution >= 4 is 22.7 Å². The number of rotatable bonds is 12. The highest BCUT2D eigenvalue weighted by Crippen LogP contribution is 2.58. The smallest absolute Gasteiger partial charge is 0.330 e. The van der Waals surface area contributed by atoms with Gasteiger partial charge < -0.3 is 18.9 Å². The van der Waals surface area contributed by atoms with E-state index in [0.717, 1.165) is 57.0 Å². The van der Waals surface area contributed by atoms with Gasteiger partial charge in [-0.2, -0.15) is 0 Å². The van der Waals surface area contributed by atoms with E-state index in [4.69, 9.17) is 18.9 Å². The molecule has 0 saturated carbocycles. The third-order valence-electron chi connectivity index (χ3n) is 9.89. The molecule has 0 amide bonds. The molecule has 0 atom stereocenters. The predicted molar refractivity (Wildman–Crippen MR) is 203 cm³/mol. The van der Waals surface area contributed by atoms with Gasteiger partial charge in [-0.25, -0.2) is 9.59 Å². The monoisotopic (exact) mass is 680 g/mol. The van der Waals surface area contributed by atoms with Crippen LogP contribution in [0.5, 0.6) is 11.5 Å². The molecular formula is C45H44O6. The Morgan fingerprint density at radius 1 is 0.549 bits per heavy atom. The van der Waals surface area contributed by atoms with E-state index < -0.39 is 17.4 Å². The number of esters is 2. The van der Waals surface area contributed by atoms with Gasteiger partial charge in [0, 0.05) is 12.2 Å². The van der Waals surface area contributed by atoms with Crippen molar-refractivity contribution in [1.29, 1.82) is 0 Å². The van der Waals surface area contributed by atoms with Gasteiger partial charge in [0.05, 0.1) is 5.41 Å². The summed E-state index contributed by atoms with van der Waals surface area (Å²) in [5.41, 5.74) is 12.9. The van der Waals surface area contributed by atoms with Crippen molar-refractivity contribution in [3.63, 3.8) is 0 Å². The van der Waals surface area contributed by atoms with E-state index in [0.29, 0.717) is 0 Å². The maximum atomic E-state index is 11.6. The average molecular weight is 681 g/mol. The highest BCUT2D eigenvalue weighted by atomic mass is 16.6. The summed E-state index contributed by atoms with van der Waals surface area (Å²) in [5.74, 6) is 0.598. The van der Waals surface area contributed by atoms with Gasteiger partial charge in [0.15, 0.2) is 0 Å². The Kier molecular flexibility index (Phi) is 9.88. The summed E-state index contributed by atoms with van der Waals surface area (Å²) in [4.78, 5) is 23.2. The highest BCUT2D eigenvalue weighted by molar-refractivity contribution is 5.96. The molecule has 0 spiro atoms. The molecule has 1 aliphatic carbocycles. The van der Waals surface area contributed by atoms with Crippen molar-refractivity contribution in [2.24, 2.45) is 0 Å². The molecule has 0 radical (unpaired) electrons. The number of carbonyl (C=O) groups is 2. The molecule has 1 aliphatic rings. The van der Waals surface area contributed by atoms with Crippen LogP contribution in [0.4, 0.5) is 0 Å². The largest absolute Gasteiger partial charge is 0.489 e. The molecule has 0 bridgehead atoms. The molecule has 0 heterocycles. The number of fused-ring (bicyclic) bond motifs is 4. The topological polar surface area (TPSA) is 71.1 Å². The number of benzene rings is 5. The quantitative estimate of drug-likeness (QED) is 0.0729. The Hall–Kier alpha value is -5.62. The highest BCUT2D eigenvalue weighted by Gasteiger charge is 2.47. The normalized spacial score (nSPS) is 12.5. The van der Waals surface area contributed by atoms with E-state index in [1.807, 2.05) is 0 Å². The van der Waals surface area contributed by atoms with E-state index in [1.54, 1.807) is 0 Å². The summed E-state index contributed by atoms with van der Waals surface area (Å²) in [6.07, 6.45) is 2.30. The van der Waals surface area contributed by atoms with Gasteiger partial charge in [0.25, 0.3) is 0 Å². The molecule has 0 aromatic heterocycles. The van der Waals surface area contributed by atoms with Crippen LogP contribution in [0.25, 0.3) is 21.9 Å². The lowest BCUT2D eigenvalue weighted by atomic mass is 9.66. The predicted octanol–water partition coefficient (Wildman–Crippen LogP) is 9.27. The number of ether oxygens (including phenoxy) is 4. The van der Waals surface area contributed by atoms with Crippen LogP contribution in [0, 0.1) is 41.5 Å². The van der Waals surface area contributed by atoms with Crippen LogP contribution in [0.3, 0.4) is 0 Å². The van der Waals surface area contributed by atoms with E-state index in [2.05, 4.69) is 127 Å². The minimum atomic E-state index is -0.672. The van der Waals surface area contributed by atoms with Gasteiger partial charge in [-0.05, 0) is 131 Å². The SMILES string of the molecule is C=CC(=O)OCCOc1c(C)cc(C2(c3cc(C)c(OCCOC(=O)C=C)c(C)c3)c3cc(C)c(C)cc3-c3cc4ccccc4cc32)cc1C. The Bertz CT molecular complexity index is 2080. The molecule has 0 unspecified atom stereocenters. The summed E-state index contributed by atoms with van der Waals surface area (Å²) in [7, 11) is 0. The first kappa shape index (κ1) is 35.2. The molecule has 6 rings (SSSR count). The maximum absolute atomic E-state index is 11.6. The number of hydrogen-bond donors (Lipinski definition) is 0. The second-order valence-corrected chi connectivity index (χ2v) is 13.3. The lowest BCUT2D eigenvalue weighted by molar-refractivity contribution is -0.139. The Morgan fingerprint density at radius 2 is 0.961 bits per heavy atom. The van der Waals surface area contributed by atoms with Gasteiger partial charge in [0.1, 0.15) is 37.9 Å². The van der Waals surface area contributed by atoms with Crippen LogP contribution in [-0.2, 0) is 24.5 Å². The lowest BCUT2D eigenvalue weighted by Crippen LogP contribution is -2.29. The Morgan fingerprint density at radius 3 is 1.43 bits per heavy atom. The fourth-order valence-corrected chi connectivity index (χ4v) is 7.54. The molecule has 0 fully saturated rings. The van der Waals surface area contributed by atoms with E-state index >= 15 is 0 Å². The molecule has 6 heteroatoms. The molecular weight excluding hydrogens is 636 g/mol. The fourth-order valence-electron chi connectivity index (χ4n) is 7.54. The zero-order valence-corrected chi connectivity index (χ0v) is 30.3. The zero-order valence-electron chi connectivity index (χ0n) is 30.3. The maximum Gasteiger partial charge on any atom is 0.330 e. The molecule has 5 aromatic rings. The van der Waals surface area contributed by atoms with Gasteiger partial charge in [-0.15, -0.1) is 0 Å². The minimum Gasteiger partial charge on any atom is -0.489 e. The number of carbonyl (C=O) groups excluding carboxylic acids is 2. The van der Waals surface area contributed by atoms with Gasteiger partial charge in [0.2, 0.25) is 0 Å². The van der Waals surface area contributed by atoms with Crippen LogP contribution in [0.1, 0.15) is 55.6 Å². The van der Waals surface area contributed by atoms with Crippen LogP contribution in [0.15, 0.2) is 98.1 Å². The summed E-state index contributed by atoms with van der Waals surface area (Å²) >= 11 is 0. The Balaban J connectivity index is 1.57. The Labute approximate surface area is 300 Å². The molecule has 260 valence electrons. The second kappa shape index (κ2) is 14.3. The van der Waals surface area contributed by atoms with Crippen LogP contribution >= 0.6 is 0 Å². The molecule has 51 heavy (non-hydrogen) atoms. The van der Waals surface area contributed by atoms with Crippen LogP contribution in [-0.4, -0.2) is 38.4 Å². The first-order valence-corrected chi connectivity index (χ1v) is 17.2. The average Bonchev–Trinajstić information content (AvgIpc) is 3.37. The van der Waals surface area contributed by atoms with Crippen molar-refractivity contribution < 1.29 is 28.5 Å². The van der Waals surface area contributed by atoms with Crippen molar-refractivity contribution in [2.45, 2.75) is 47.0 Å². The summed E-state index contributed by atoms with van der Waals surface area (Å²) in [6.45, 7) is 20.3. The van der Waals surface area contributed by atoms with Gasteiger partial charge in [-0.1, -0.05) is 73.8 Å². The van der Waals surface area contributed by atoms with Crippen molar-refractivity contribution in [2.75, 3.05) is 26.4 Å². The van der Waals surface area contributed by atoms with Gasteiger partial charge >= 0.3 is 11.9 Å². The lowest BCUT2D eigenvalue weighted by Gasteiger charge is -2.36. The molecule has 0 saturated heterocycles. The minimum absolute atomic E-state index is 0.130. The zero-order chi connectivity index (χ0) is 36.4. The fraction of sp³-hybridized carbons (Fsp3) is 0.244. The van der Waals surface area contributed by atoms with E-state index in [-0.39, 0.29) is 26.4 Å². The number of aryl methyl sites for hydroxylation is 6. The molecule has 0 aliphatic heterocycles. The van der Waals surface area contributed by atoms with Crippen molar-refractivity contribution in [3.05, 3.63) is 154 Å². The van der Waals surface area contributed by atoms with Gasteiger partial charge in [-0.3, -0.25) is 0 Å². The van der Waals surface area contributed by atoms with Crippen molar-refractivity contribution in [1.82, 2.24) is 0 Å². The molecule has 6 nitrogen and oxygen atoms in total. The summed E-state index contributed by atoms with van der Waals surface area (Å²) in [5, 5.41) is 2.37. The van der Waals surface area contributed by atoms with Crippen LogP contribution < -0.4 is 9.47 Å². The molecule has 0 N–H and O–H groups in total. The van der Waals surface area contributed by atoms with Crippen LogP contribution in [0.2, 0.25) is 0 Å². The third-order valence-corrected chi connectivity index (χ3v) is 9.89. The molecule has 5 aromatic carbocycles. The first-order chi connectivity index (χ1) is 24.5. The standard InChI is InChI=1S/C45H44O6/c1-9-41(46)48-15-17-50-43-29(5)19-35(20-30(43)6)45(36-21-31(7)44(32(8)22-36)51-18-16-49-42(47)10-2)39-24-28(4)27(3)23-37(39)38-25-33-13-11-12-14-34(33)26-40(38)45/h9-14,19-26H,1-2,15-18H2,3-8H3. The first-order valence-electron chi connectivity index (χ1n) is 17.2. The number of hydrogen-bond acceptors (Lipinski definition) is 6. The summed E-state index contributed by atoms with van der Waals surface area (Å²) < 4.78 is 22.7. The second-order valence-electron chi connectivity index (χ2n) is 13.3. The third kappa shape index (κ3) is 6.43. The van der Waals surface area contributed by atoms with Crippen molar-refractivity contribution in [3.8, 4) is 22.6 Å². The van der Waals surface area contributed by atoms with E-state index in [1.165, 1.54) is 44.2 Å².